The minimum Gasteiger partial charge on any atom is -0.755 e. The van der Waals surface area contributed by atoms with Crippen LogP contribution in [0.5, 0.6) is 0 Å². The van der Waals surface area contributed by atoms with Crippen molar-refractivity contribution in [2.45, 2.75) is 45.3 Å². The highest BCUT2D eigenvalue weighted by Crippen LogP contribution is 2.26. The van der Waals surface area contributed by atoms with Crippen molar-refractivity contribution in [1.29, 1.82) is 0 Å². The Morgan fingerprint density at radius 3 is 2.28 bits per heavy atom. The van der Waals surface area contributed by atoms with Gasteiger partial charge in [-0.3, -0.25) is 13.3 Å². The molecule has 1 aliphatic rings. The number of anilines is 1. The number of hydrogen-bond acceptors (Lipinski definition) is 5. The molecule has 8 heteroatoms. The molecule has 0 bridgehead atoms. The largest absolute Gasteiger partial charge is 0.755 e. The highest BCUT2D eigenvalue weighted by molar-refractivity contribution is 7.80. The molecule has 1 amide bonds. The molecule has 25 heavy (non-hydrogen) atoms. The van der Waals surface area contributed by atoms with Gasteiger partial charge in [-0.1, -0.05) is 0 Å². The van der Waals surface area contributed by atoms with E-state index in [0.29, 0.717) is 43.5 Å². The second kappa shape index (κ2) is 7.97. The van der Waals surface area contributed by atoms with E-state index < -0.39 is 16.9 Å². The molecule has 0 aliphatic carbocycles. The van der Waals surface area contributed by atoms with E-state index in [9.17, 15) is 18.4 Å². The molecule has 1 aromatic carbocycles. The van der Waals surface area contributed by atoms with Gasteiger partial charge in [-0.15, -0.1) is 0 Å². The molecular formula is C17H23N2O5S-. The number of carbonyl (C=O) groups is 2. The molecule has 1 atom stereocenters. The molecule has 1 aromatic rings. The lowest BCUT2D eigenvalue weighted by atomic mass is 10.0. The second-order valence-corrected chi connectivity index (χ2v) is 7.78. The zero-order chi connectivity index (χ0) is 18.6. The van der Waals surface area contributed by atoms with Crippen LogP contribution in [0, 0.1) is 0 Å². The number of carbonyl (C=O) groups excluding carboxylic acids is 2. The van der Waals surface area contributed by atoms with Crippen LogP contribution in [0.1, 0.15) is 44.0 Å². The lowest BCUT2D eigenvalue weighted by molar-refractivity contribution is 0.0207. The maximum atomic E-state index is 12.1. The fourth-order valence-corrected chi connectivity index (χ4v) is 3.48. The molecule has 0 spiro atoms. The van der Waals surface area contributed by atoms with Crippen molar-refractivity contribution < 1.29 is 23.1 Å². The summed E-state index contributed by atoms with van der Waals surface area (Å²) in [5, 5.41) is 0. The number of aldehydes is 1. The van der Waals surface area contributed by atoms with Gasteiger partial charge >= 0.3 is 6.09 Å². The summed E-state index contributed by atoms with van der Waals surface area (Å²) in [5.41, 5.74) is 0.436. The van der Waals surface area contributed by atoms with Gasteiger partial charge in [0.25, 0.3) is 0 Å². The predicted octanol–water partition coefficient (Wildman–Crippen LogP) is 2.50. The van der Waals surface area contributed by atoms with E-state index in [0.717, 1.165) is 0 Å². The van der Waals surface area contributed by atoms with Gasteiger partial charge in [-0.05, 0) is 57.9 Å². The van der Waals surface area contributed by atoms with E-state index in [4.69, 9.17) is 4.74 Å². The Kier molecular flexibility index (Phi) is 6.18. The Hall–Kier alpha value is -1.93. The van der Waals surface area contributed by atoms with Crippen molar-refractivity contribution in [1.82, 2.24) is 4.90 Å². The summed E-state index contributed by atoms with van der Waals surface area (Å²) in [6, 6.07) is 6.15. The number of benzene rings is 1. The molecule has 1 aliphatic heterocycles. The van der Waals surface area contributed by atoms with E-state index in [1.54, 1.807) is 29.2 Å². The Morgan fingerprint density at radius 2 is 1.84 bits per heavy atom. The predicted molar refractivity (Wildman–Crippen MR) is 94.1 cm³/mol. The Bertz CT molecular complexity index is 633. The molecule has 2 rings (SSSR count). The summed E-state index contributed by atoms with van der Waals surface area (Å²) in [6.45, 7) is 6.29. The molecule has 0 radical (unpaired) electrons. The maximum absolute atomic E-state index is 12.1. The van der Waals surface area contributed by atoms with Crippen LogP contribution in [0.25, 0.3) is 0 Å². The summed E-state index contributed by atoms with van der Waals surface area (Å²) >= 11 is -2.44. The van der Waals surface area contributed by atoms with Gasteiger partial charge in [0.15, 0.2) is 0 Å². The van der Waals surface area contributed by atoms with Crippen LogP contribution < -0.4 is 4.31 Å². The molecule has 1 saturated heterocycles. The van der Waals surface area contributed by atoms with Gasteiger partial charge < -0.3 is 14.2 Å². The van der Waals surface area contributed by atoms with Gasteiger partial charge in [0, 0.05) is 41.6 Å². The van der Waals surface area contributed by atoms with Crippen molar-refractivity contribution in [3.05, 3.63) is 29.8 Å². The Labute approximate surface area is 150 Å². The normalized spacial score (nSPS) is 17.0. The van der Waals surface area contributed by atoms with Crippen LogP contribution >= 0.6 is 0 Å². The van der Waals surface area contributed by atoms with Crippen LogP contribution in [0.15, 0.2) is 24.3 Å². The minimum atomic E-state index is -2.44. The van der Waals surface area contributed by atoms with Crippen molar-refractivity contribution in [3.8, 4) is 0 Å². The fraction of sp³-hybridized carbons (Fsp3) is 0.529. The Morgan fingerprint density at radius 1 is 1.28 bits per heavy atom. The average Bonchev–Trinajstić information content (AvgIpc) is 2.54. The average molecular weight is 367 g/mol. The third-order valence-corrected chi connectivity index (χ3v) is 4.72. The summed E-state index contributed by atoms with van der Waals surface area (Å²) in [4.78, 5) is 24.4. The highest BCUT2D eigenvalue weighted by atomic mass is 32.2. The fourth-order valence-electron chi connectivity index (χ4n) is 2.73. The van der Waals surface area contributed by atoms with E-state index in [-0.39, 0.29) is 12.1 Å². The number of amides is 1. The van der Waals surface area contributed by atoms with Gasteiger partial charge in [-0.25, -0.2) is 4.79 Å². The topological polar surface area (TPSA) is 90.0 Å². The maximum Gasteiger partial charge on any atom is 0.410 e. The van der Waals surface area contributed by atoms with Gasteiger partial charge in [0.2, 0.25) is 0 Å². The van der Waals surface area contributed by atoms with Crippen LogP contribution in [-0.4, -0.2) is 50.8 Å². The zero-order valence-electron chi connectivity index (χ0n) is 14.6. The molecule has 138 valence electrons. The van der Waals surface area contributed by atoms with Crippen molar-refractivity contribution >= 4 is 29.3 Å². The van der Waals surface area contributed by atoms with E-state index >= 15 is 0 Å². The van der Waals surface area contributed by atoms with Gasteiger partial charge in [0.05, 0.1) is 0 Å². The number of hydrogen-bond donors (Lipinski definition) is 0. The van der Waals surface area contributed by atoms with Crippen LogP contribution in [-0.2, 0) is 16.0 Å². The standard InChI is InChI=1S/C17H24N2O5S/c1-17(2,3)24-16(21)18-10-8-15(9-11-18)19(25(22)23)14-6-4-13(12-20)5-7-14/h4-7,12,15H,8-11H2,1-3H3,(H,22,23)/p-1. The van der Waals surface area contributed by atoms with Gasteiger partial charge in [-0.2, -0.15) is 0 Å². The van der Waals surface area contributed by atoms with Crippen molar-refractivity contribution in [2.75, 3.05) is 17.4 Å². The zero-order valence-corrected chi connectivity index (χ0v) is 15.5. The Balaban J connectivity index is 2.04. The summed E-state index contributed by atoms with van der Waals surface area (Å²) in [7, 11) is 0. The van der Waals surface area contributed by atoms with Crippen LogP contribution in [0.4, 0.5) is 10.5 Å². The monoisotopic (exact) mass is 367 g/mol. The molecule has 0 N–H and O–H groups in total. The number of ether oxygens (including phenoxy) is 1. The molecule has 1 heterocycles. The quantitative estimate of drug-likeness (QED) is 0.602. The first-order valence-electron chi connectivity index (χ1n) is 8.13. The first-order valence-corrected chi connectivity index (χ1v) is 9.16. The third kappa shape index (κ3) is 5.27. The van der Waals surface area contributed by atoms with Crippen LogP contribution in [0.2, 0.25) is 0 Å². The minimum absolute atomic E-state index is 0.237. The summed E-state index contributed by atoms with van der Waals surface area (Å²) < 4.78 is 30.1. The summed E-state index contributed by atoms with van der Waals surface area (Å²) in [6.07, 6.45) is 1.36. The van der Waals surface area contributed by atoms with E-state index in [1.807, 2.05) is 20.8 Å². The van der Waals surface area contributed by atoms with Gasteiger partial charge in [0.1, 0.15) is 11.9 Å². The lowest BCUT2D eigenvalue weighted by Crippen LogP contribution is -2.48. The van der Waals surface area contributed by atoms with Crippen molar-refractivity contribution in [3.63, 3.8) is 0 Å². The highest BCUT2D eigenvalue weighted by Gasteiger charge is 2.30. The SMILES string of the molecule is CC(C)(C)OC(=O)N1CCC(N(c2ccc(C=O)cc2)S(=O)[O-])CC1. The first-order chi connectivity index (χ1) is 11.7. The number of likely N-dealkylation sites (tertiary alicyclic amines) is 1. The summed E-state index contributed by atoms with van der Waals surface area (Å²) in [5.74, 6) is 0. The molecular weight excluding hydrogens is 344 g/mol. The van der Waals surface area contributed by atoms with E-state index in [2.05, 4.69) is 0 Å². The van der Waals surface area contributed by atoms with Crippen molar-refractivity contribution in [2.24, 2.45) is 0 Å². The molecule has 7 nitrogen and oxygen atoms in total. The smallest absolute Gasteiger partial charge is 0.410 e. The number of piperidine rings is 1. The molecule has 0 saturated carbocycles. The second-order valence-electron chi connectivity index (χ2n) is 6.95. The number of nitrogens with zero attached hydrogens (tertiary/aromatic N) is 2. The molecule has 0 aromatic heterocycles. The van der Waals surface area contributed by atoms with E-state index in [1.165, 1.54) is 4.31 Å². The molecule has 1 fully saturated rings. The molecule has 1 unspecified atom stereocenters. The lowest BCUT2D eigenvalue weighted by Gasteiger charge is -2.40. The first kappa shape index (κ1) is 19.4. The third-order valence-electron chi connectivity index (χ3n) is 3.89. The number of rotatable bonds is 4. The van der Waals surface area contributed by atoms with Crippen LogP contribution in [0.3, 0.4) is 0 Å².